The molecule has 3 nitrogen and oxygen atoms in total. The van der Waals surface area contributed by atoms with Gasteiger partial charge in [0.05, 0.1) is 0 Å². The minimum absolute atomic E-state index is 0.0694. The first-order valence-corrected chi connectivity index (χ1v) is 5.32. The molecule has 1 aliphatic carbocycles. The van der Waals surface area contributed by atoms with E-state index in [0.29, 0.717) is 11.6 Å². The van der Waals surface area contributed by atoms with Gasteiger partial charge in [-0.05, 0) is 44.0 Å². The van der Waals surface area contributed by atoms with Crippen molar-refractivity contribution < 1.29 is 9.90 Å². The zero-order valence-corrected chi connectivity index (χ0v) is 8.81. The summed E-state index contributed by atoms with van der Waals surface area (Å²) in [5.41, 5.74) is 0.654. The molecule has 1 fully saturated rings. The maximum absolute atomic E-state index is 12.0. The lowest BCUT2D eigenvalue weighted by Gasteiger charge is -2.20. The number of hydrogen-bond acceptors (Lipinski definition) is 2. The molecule has 1 amide bonds. The van der Waals surface area contributed by atoms with Gasteiger partial charge in [-0.15, -0.1) is 0 Å². The summed E-state index contributed by atoms with van der Waals surface area (Å²) in [6.07, 6.45) is 2.25. The van der Waals surface area contributed by atoms with E-state index in [1.165, 1.54) is 0 Å². The van der Waals surface area contributed by atoms with Gasteiger partial charge >= 0.3 is 0 Å². The van der Waals surface area contributed by atoms with Crippen LogP contribution in [0.4, 0.5) is 0 Å². The minimum atomic E-state index is 0.0694. The van der Waals surface area contributed by atoms with Gasteiger partial charge in [0.2, 0.25) is 0 Å². The lowest BCUT2D eigenvalue weighted by Crippen LogP contribution is -2.32. The number of carbonyl (C=O) groups excluding carboxylic acids is 1. The van der Waals surface area contributed by atoms with Crippen LogP contribution in [0.3, 0.4) is 0 Å². The molecule has 0 bridgehead atoms. The van der Waals surface area contributed by atoms with Crippen molar-refractivity contribution >= 4 is 5.91 Å². The average Bonchev–Trinajstić information content (AvgIpc) is 3.04. The molecule has 0 aromatic heterocycles. The molecule has 0 atom stereocenters. The first-order valence-electron chi connectivity index (χ1n) is 5.32. The van der Waals surface area contributed by atoms with Crippen molar-refractivity contribution in [1.29, 1.82) is 0 Å². The lowest BCUT2D eigenvalue weighted by molar-refractivity contribution is 0.0752. The van der Waals surface area contributed by atoms with Gasteiger partial charge in [0, 0.05) is 18.2 Å². The molecule has 2 rings (SSSR count). The van der Waals surface area contributed by atoms with Crippen molar-refractivity contribution in [3.63, 3.8) is 0 Å². The van der Waals surface area contributed by atoms with Crippen LogP contribution in [-0.4, -0.2) is 28.5 Å². The topological polar surface area (TPSA) is 40.5 Å². The van der Waals surface area contributed by atoms with Crippen LogP contribution >= 0.6 is 0 Å². The molecule has 1 aliphatic rings. The molecular weight excluding hydrogens is 190 g/mol. The van der Waals surface area contributed by atoms with Gasteiger partial charge in [-0.2, -0.15) is 0 Å². The molecule has 0 saturated heterocycles. The monoisotopic (exact) mass is 205 g/mol. The van der Waals surface area contributed by atoms with Gasteiger partial charge < -0.3 is 10.0 Å². The number of carbonyl (C=O) groups is 1. The molecule has 3 heteroatoms. The molecule has 80 valence electrons. The Morgan fingerprint density at radius 2 is 2.00 bits per heavy atom. The SMILES string of the molecule is CCN(C(=O)c1ccc(O)cc1)C1CC1. The maximum atomic E-state index is 12.0. The highest BCUT2D eigenvalue weighted by Crippen LogP contribution is 2.28. The Kier molecular flexibility index (Phi) is 2.62. The third-order valence-electron chi connectivity index (χ3n) is 2.70. The Hall–Kier alpha value is -1.51. The van der Waals surface area contributed by atoms with Gasteiger partial charge in [0.1, 0.15) is 5.75 Å². The Balaban J connectivity index is 2.15. The molecule has 1 saturated carbocycles. The molecule has 15 heavy (non-hydrogen) atoms. The van der Waals surface area contributed by atoms with Crippen molar-refractivity contribution in [2.45, 2.75) is 25.8 Å². The molecule has 1 N–H and O–H groups in total. The molecule has 0 spiro atoms. The quantitative estimate of drug-likeness (QED) is 0.820. The summed E-state index contributed by atoms with van der Waals surface area (Å²) < 4.78 is 0. The first kappa shape index (κ1) is 10.0. The van der Waals surface area contributed by atoms with Gasteiger partial charge in [-0.25, -0.2) is 0 Å². The molecule has 0 aliphatic heterocycles. The fourth-order valence-corrected chi connectivity index (χ4v) is 1.72. The zero-order chi connectivity index (χ0) is 10.8. The highest BCUT2D eigenvalue weighted by atomic mass is 16.3. The number of amides is 1. The van der Waals surface area contributed by atoms with Crippen LogP contribution in [0.25, 0.3) is 0 Å². The number of nitrogens with zero attached hydrogens (tertiary/aromatic N) is 1. The third-order valence-corrected chi connectivity index (χ3v) is 2.70. The predicted octanol–water partition coefficient (Wildman–Crippen LogP) is 2.02. The van der Waals surface area contributed by atoms with Crippen LogP contribution in [-0.2, 0) is 0 Å². The van der Waals surface area contributed by atoms with E-state index < -0.39 is 0 Å². The van der Waals surface area contributed by atoms with Crippen molar-refractivity contribution in [2.75, 3.05) is 6.54 Å². The summed E-state index contributed by atoms with van der Waals surface area (Å²) in [6.45, 7) is 2.75. The smallest absolute Gasteiger partial charge is 0.254 e. The van der Waals surface area contributed by atoms with E-state index in [1.54, 1.807) is 24.3 Å². The standard InChI is InChI=1S/C12H15NO2/c1-2-13(10-5-6-10)12(15)9-3-7-11(14)8-4-9/h3-4,7-8,10,14H,2,5-6H2,1H3. The van der Waals surface area contributed by atoms with Crippen molar-refractivity contribution in [3.8, 4) is 5.75 Å². The highest BCUT2D eigenvalue weighted by Gasteiger charge is 2.31. The number of phenols is 1. The summed E-state index contributed by atoms with van der Waals surface area (Å²) in [7, 11) is 0. The molecule has 0 heterocycles. The van der Waals surface area contributed by atoms with E-state index in [9.17, 15) is 4.79 Å². The number of rotatable bonds is 3. The van der Waals surface area contributed by atoms with Gasteiger partial charge in [-0.1, -0.05) is 0 Å². The Morgan fingerprint density at radius 1 is 1.40 bits per heavy atom. The summed E-state index contributed by atoms with van der Waals surface area (Å²) in [5, 5.41) is 9.13. The lowest BCUT2D eigenvalue weighted by atomic mass is 10.2. The van der Waals surface area contributed by atoms with E-state index >= 15 is 0 Å². The van der Waals surface area contributed by atoms with E-state index in [-0.39, 0.29) is 11.7 Å². The van der Waals surface area contributed by atoms with E-state index in [0.717, 1.165) is 19.4 Å². The molecule has 0 unspecified atom stereocenters. The second-order valence-corrected chi connectivity index (χ2v) is 3.87. The summed E-state index contributed by atoms with van der Waals surface area (Å²) in [5.74, 6) is 0.265. The largest absolute Gasteiger partial charge is 0.508 e. The zero-order valence-electron chi connectivity index (χ0n) is 8.81. The van der Waals surface area contributed by atoms with E-state index in [1.807, 2.05) is 11.8 Å². The fraction of sp³-hybridized carbons (Fsp3) is 0.417. The van der Waals surface area contributed by atoms with Gasteiger partial charge in [-0.3, -0.25) is 4.79 Å². The number of aromatic hydroxyl groups is 1. The van der Waals surface area contributed by atoms with Crippen molar-refractivity contribution in [2.24, 2.45) is 0 Å². The molecule has 1 aromatic rings. The highest BCUT2D eigenvalue weighted by molar-refractivity contribution is 5.94. The fourth-order valence-electron chi connectivity index (χ4n) is 1.72. The predicted molar refractivity (Wildman–Crippen MR) is 57.8 cm³/mol. The van der Waals surface area contributed by atoms with Crippen LogP contribution < -0.4 is 0 Å². The molecular formula is C12H15NO2. The van der Waals surface area contributed by atoms with Crippen LogP contribution in [0, 0.1) is 0 Å². The van der Waals surface area contributed by atoms with E-state index in [4.69, 9.17) is 5.11 Å². The summed E-state index contributed by atoms with van der Waals surface area (Å²) in [6, 6.07) is 6.88. The summed E-state index contributed by atoms with van der Waals surface area (Å²) in [4.78, 5) is 13.9. The number of hydrogen-bond donors (Lipinski definition) is 1. The average molecular weight is 205 g/mol. The normalized spacial score (nSPS) is 15.0. The first-order chi connectivity index (χ1) is 7.22. The van der Waals surface area contributed by atoms with Gasteiger partial charge in [0.15, 0.2) is 0 Å². The second kappa shape index (κ2) is 3.93. The Labute approximate surface area is 89.3 Å². The van der Waals surface area contributed by atoms with Gasteiger partial charge in [0.25, 0.3) is 5.91 Å². The Morgan fingerprint density at radius 3 is 2.47 bits per heavy atom. The molecule has 0 radical (unpaired) electrons. The summed E-state index contributed by atoms with van der Waals surface area (Å²) >= 11 is 0. The van der Waals surface area contributed by atoms with Crippen LogP contribution in [0.5, 0.6) is 5.75 Å². The second-order valence-electron chi connectivity index (χ2n) is 3.87. The number of phenolic OH excluding ortho intramolecular Hbond substituents is 1. The number of benzene rings is 1. The van der Waals surface area contributed by atoms with Crippen LogP contribution in [0.2, 0.25) is 0 Å². The van der Waals surface area contributed by atoms with E-state index in [2.05, 4.69) is 0 Å². The van der Waals surface area contributed by atoms with Crippen molar-refractivity contribution in [3.05, 3.63) is 29.8 Å². The molecule has 1 aromatic carbocycles. The van der Waals surface area contributed by atoms with Crippen molar-refractivity contribution in [1.82, 2.24) is 4.90 Å². The van der Waals surface area contributed by atoms with Crippen LogP contribution in [0.15, 0.2) is 24.3 Å². The van der Waals surface area contributed by atoms with Crippen LogP contribution in [0.1, 0.15) is 30.1 Å². The Bertz CT molecular complexity index is 354. The minimum Gasteiger partial charge on any atom is -0.508 e. The third kappa shape index (κ3) is 2.12. The maximum Gasteiger partial charge on any atom is 0.254 e.